The molecular formula is C14H19NO2S. The van der Waals surface area contributed by atoms with E-state index in [0.717, 1.165) is 25.2 Å². The van der Waals surface area contributed by atoms with Gasteiger partial charge in [-0.25, -0.2) is 0 Å². The van der Waals surface area contributed by atoms with Crippen LogP contribution in [0.25, 0.3) is 0 Å². The second kappa shape index (κ2) is 6.25. The van der Waals surface area contributed by atoms with Gasteiger partial charge in [0, 0.05) is 30.6 Å². The highest BCUT2D eigenvalue weighted by Crippen LogP contribution is 2.19. The third-order valence-corrected chi connectivity index (χ3v) is 4.25. The fourth-order valence-corrected chi connectivity index (χ4v) is 3.31. The molecule has 1 N–H and O–H groups in total. The second-order valence-electron chi connectivity index (χ2n) is 4.80. The lowest BCUT2D eigenvalue weighted by molar-refractivity contribution is -0.136. The lowest BCUT2D eigenvalue weighted by Crippen LogP contribution is -2.35. The van der Waals surface area contributed by atoms with Gasteiger partial charge in [-0.15, -0.1) is 0 Å². The molecule has 0 aliphatic carbocycles. The van der Waals surface area contributed by atoms with Crippen molar-refractivity contribution in [3.05, 3.63) is 35.4 Å². The number of carboxylic acid groups (broad SMARTS) is 1. The van der Waals surface area contributed by atoms with Crippen molar-refractivity contribution in [2.45, 2.75) is 25.1 Å². The van der Waals surface area contributed by atoms with Gasteiger partial charge >= 0.3 is 5.97 Å². The predicted octanol–water partition coefficient (Wildman–Crippen LogP) is 2.25. The Kier molecular flexibility index (Phi) is 4.66. The summed E-state index contributed by atoms with van der Waals surface area (Å²) in [5, 5.41) is 9.43. The molecule has 2 rings (SSSR count). The molecule has 0 amide bonds. The number of carboxylic acids is 1. The van der Waals surface area contributed by atoms with Crippen LogP contribution >= 0.6 is 11.8 Å². The number of aliphatic carboxylic acids is 1. The van der Waals surface area contributed by atoms with Crippen LogP contribution in [0.5, 0.6) is 0 Å². The molecule has 1 atom stereocenters. The first kappa shape index (κ1) is 13.4. The molecule has 1 aliphatic heterocycles. The van der Waals surface area contributed by atoms with Crippen molar-refractivity contribution in [1.29, 1.82) is 0 Å². The van der Waals surface area contributed by atoms with Crippen molar-refractivity contribution >= 4 is 17.7 Å². The van der Waals surface area contributed by atoms with Crippen LogP contribution in [0.2, 0.25) is 0 Å². The van der Waals surface area contributed by atoms with Gasteiger partial charge in [-0.05, 0) is 11.1 Å². The maximum absolute atomic E-state index is 10.6. The van der Waals surface area contributed by atoms with Crippen LogP contribution in [0.3, 0.4) is 0 Å². The predicted molar refractivity (Wildman–Crippen MR) is 75.0 cm³/mol. The van der Waals surface area contributed by atoms with Crippen LogP contribution in [-0.2, 0) is 17.8 Å². The third-order valence-electron chi connectivity index (χ3n) is 3.11. The molecule has 0 bridgehead atoms. The molecule has 18 heavy (non-hydrogen) atoms. The van der Waals surface area contributed by atoms with Crippen LogP contribution in [0, 0.1) is 0 Å². The normalized spacial score (nSPS) is 20.8. The molecule has 1 aromatic rings. The summed E-state index contributed by atoms with van der Waals surface area (Å²) in [4.78, 5) is 13.1. The molecule has 0 aromatic heterocycles. The van der Waals surface area contributed by atoms with Crippen molar-refractivity contribution in [3.63, 3.8) is 0 Å². The number of rotatable bonds is 4. The van der Waals surface area contributed by atoms with E-state index in [1.54, 1.807) is 0 Å². The first-order valence-corrected chi connectivity index (χ1v) is 7.32. The zero-order valence-electron chi connectivity index (χ0n) is 10.6. The highest BCUT2D eigenvalue weighted by atomic mass is 32.2. The highest BCUT2D eigenvalue weighted by molar-refractivity contribution is 7.99. The van der Waals surface area contributed by atoms with Crippen molar-refractivity contribution in [3.8, 4) is 0 Å². The molecule has 1 fully saturated rings. The number of carbonyl (C=O) groups is 1. The number of nitrogens with zero attached hydrogens (tertiary/aromatic N) is 1. The summed E-state index contributed by atoms with van der Waals surface area (Å²) in [6.07, 6.45) is 0.109. The molecule has 1 heterocycles. The third kappa shape index (κ3) is 4.03. The van der Waals surface area contributed by atoms with Crippen molar-refractivity contribution in [1.82, 2.24) is 4.90 Å². The standard InChI is InChI=1S/C14H19NO2S/c1-11-9-15(6-7-18-11)10-13-4-2-12(3-5-13)8-14(16)17/h2-5,11H,6-10H2,1H3,(H,16,17). The van der Waals surface area contributed by atoms with E-state index in [1.807, 2.05) is 36.0 Å². The minimum Gasteiger partial charge on any atom is -0.481 e. The Morgan fingerprint density at radius 3 is 2.67 bits per heavy atom. The van der Waals surface area contributed by atoms with Crippen LogP contribution in [0.4, 0.5) is 0 Å². The summed E-state index contributed by atoms with van der Waals surface area (Å²) >= 11 is 2.03. The van der Waals surface area contributed by atoms with Gasteiger partial charge < -0.3 is 5.11 Å². The van der Waals surface area contributed by atoms with Gasteiger partial charge in [0.15, 0.2) is 0 Å². The monoisotopic (exact) mass is 265 g/mol. The average Bonchev–Trinajstić information content (AvgIpc) is 2.31. The van der Waals surface area contributed by atoms with Crippen LogP contribution in [0.1, 0.15) is 18.1 Å². The van der Waals surface area contributed by atoms with Crippen molar-refractivity contribution in [2.75, 3.05) is 18.8 Å². The fourth-order valence-electron chi connectivity index (χ4n) is 2.23. The number of thioether (sulfide) groups is 1. The van der Waals surface area contributed by atoms with E-state index in [-0.39, 0.29) is 6.42 Å². The fraction of sp³-hybridized carbons (Fsp3) is 0.500. The van der Waals surface area contributed by atoms with Gasteiger partial charge in [0.05, 0.1) is 6.42 Å². The molecule has 0 saturated carbocycles. The van der Waals surface area contributed by atoms with E-state index in [0.29, 0.717) is 5.25 Å². The summed E-state index contributed by atoms with van der Waals surface area (Å²) in [7, 11) is 0. The van der Waals surface area contributed by atoms with Crippen LogP contribution < -0.4 is 0 Å². The highest BCUT2D eigenvalue weighted by Gasteiger charge is 2.16. The molecule has 0 radical (unpaired) electrons. The molecule has 4 heteroatoms. The van der Waals surface area contributed by atoms with Gasteiger partial charge in [0.25, 0.3) is 0 Å². The molecular weight excluding hydrogens is 246 g/mol. The quantitative estimate of drug-likeness (QED) is 0.906. The SMILES string of the molecule is CC1CN(Cc2ccc(CC(=O)O)cc2)CCS1. The Hall–Kier alpha value is -1.00. The Bertz CT molecular complexity index is 405. The number of benzene rings is 1. The summed E-state index contributed by atoms with van der Waals surface area (Å²) < 4.78 is 0. The molecule has 1 aliphatic rings. The summed E-state index contributed by atoms with van der Waals surface area (Å²) in [6.45, 7) is 5.53. The Balaban J connectivity index is 1.91. The van der Waals surface area contributed by atoms with E-state index >= 15 is 0 Å². The molecule has 1 aromatic carbocycles. The van der Waals surface area contributed by atoms with Gasteiger partial charge in [0.1, 0.15) is 0 Å². The zero-order chi connectivity index (χ0) is 13.0. The van der Waals surface area contributed by atoms with Gasteiger partial charge in [-0.1, -0.05) is 31.2 Å². The van der Waals surface area contributed by atoms with E-state index < -0.39 is 5.97 Å². The molecule has 0 spiro atoms. The van der Waals surface area contributed by atoms with E-state index in [4.69, 9.17) is 5.11 Å². The van der Waals surface area contributed by atoms with E-state index in [2.05, 4.69) is 11.8 Å². The van der Waals surface area contributed by atoms with Crippen LogP contribution in [-0.4, -0.2) is 40.1 Å². The van der Waals surface area contributed by atoms with Gasteiger partial charge in [-0.2, -0.15) is 11.8 Å². The number of hydrogen-bond acceptors (Lipinski definition) is 3. The topological polar surface area (TPSA) is 40.5 Å². The van der Waals surface area contributed by atoms with E-state index in [1.165, 1.54) is 11.3 Å². The molecule has 1 unspecified atom stereocenters. The van der Waals surface area contributed by atoms with Gasteiger partial charge in [-0.3, -0.25) is 9.69 Å². The molecule has 1 saturated heterocycles. The van der Waals surface area contributed by atoms with E-state index in [9.17, 15) is 4.79 Å². The maximum Gasteiger partial charge on any atom is 0.307 e. The lowest BCUT2D eigenvalue weighted by atomic mass is 10.1. The minimum atomic E-state index is -0.773. The Morgan fingerprint density at radius 2 is 2.06 bits per heavy atom. The smallest absolute Gasteiger partial charge is 0.307 e. The minimum absolute atomic E-state index is 0.109. The number of hydrogen-bond donors (Lipinski definition) is 1. The molecule has 98 valence electrons. The zero-order valence-corrected chi connectivity index (χ0v) is 11.4. The van der Waals surface area contributed by atoms with Crippen LogP contribution in [0.15, 0.2) is 24.3 Å². The van der Waals surface area contributed by atoms with Crippen molar-refractivity contribution < 1.29 is 9.90 Å². The van der Waals surface area contributed by atoms with Crippen molar-refractivity contribution in [2.24, 2.45) is 0 Å². The Labute approximate surface area is 112 Å². The second-order valence-corrected chi connectivity index (χ2v) is 6.35. The molecule has 3 nitrogen and oxygen atoms in total. The lowest BCUT2D eigenvalue weighted by Gasteiger charge is -2.30. The largest absolute Gasteiger partial charge is 0.481 e. The maximum atomic E-state index is 10.6. The van der Waals surface area contributed by atoms with Gasteiger partial charge in [0.2, 0.25) is 0 Å². The first-order chi connectivity index (χ1) is 8.63. The first-order valence-electron chi connectivity index (χ1n) is 6.27. The average molecular weight is 265 g/mol. The summed E-state index contributed by atoms with van der Waals surface area (Å²) in [5.74, 6) is 0.433. The Morgan fingerprint density at radius 1 is 1.39 bits per heavy atom. The summed E-state index contributed by atoms with van der Waals surface area (Å²) in [5.41, 5.74) is 2.14. The summed E-state index contributed by atoms with van der Waals surface area (Å²) in [6, 6.07) is 7.94.